The summed E-state index contributed by atoms with van der Waals surface area (Å²) in [5.74, 6) is -1.19. The molecule has 104 valence electrons. The van der Waals surface area contributed by atoms with E-state index in [1.54, 1.807) is 6.07 Å². The molecule has 0 unspecified atom stereocenters. The van der Waals surface area contributed by atoms with Crippen LogP contribution in [0.25, 0.3) is 0 Å². The zero-order valence-corrected chi connectivity index (χ0v) is 13.4. The molecule has 5 heteroatoms. The number of unbranched alkanes of at least 4 members (excludes halogenated alkanes) is 2. The first kappa shape index (κ1) is 15.9. The third-order valence-corrected chi connectivity index (χ3v) is 3.38. The van der Waals surface area contributed by atoms with Crippen molar-refractivity contribution in [3.63, 3.8) is 0 Å². The highest BCUT2D eigenvalue weighted by Crippen LogP contribution is 2.17. The van der Waals surface area contributed by atoms with Gasteiger partial charge in [0.25, 0.3) is 0 Å². The second kappa shape index (κ2) is 8.14. The highest BCUT2D eigenvalue weighted by atomic mass is 127. The molecule has 1 aromatic rings. The molecule has 0 aromatic heterocycles. The Labute approximate surface area is 127 Å². The van der Waals surface area contributed by atoms with Crippen molar-refractivity contribution in [3.05, 3.63) is 27.3 Å². The van der Waals surface area contributed by atoms with Crippen LogP contribution in [-0.2, 0) is 9.59 Å². The lowest BCUT2D eigenvalue weighted by atomic mass is 10.2. The first-order chi connectivity index (χ1) is 9.04. The molecule has 1 aromatic carbocycles. The molecule has 2 N–H and O–H groups in total. The van der Waals surface area contributed by atoms with Crippen LogP contribution in [0.4, 0.5) is 5.69 Å². The molecule has 0 aliphatic heterocycles. The third kappa shape index (κ3) is 5.59. The molecule has 0 aliphatic carbocycles. The topological polar surface area (TPSA) is 58.2 Å². The number of anilines is 1. The summed E-state index contributed by atoms with van der Waals surface area (Å²) in [6.45, 7) is 4.54. The number of rotatable bonds is 5. The summed E-state index contributed by atoms with van der Waals surface area (Å²) in [6.07, 6.45) is 3.04. The Morgan fingerprint density at radius 1 is 1.21 bits per heavy atom. The van der Waals surface area contributed by atoms with E-state index in [1.807, 2.05) is 19.1 Å². The van der Waals surface area contributed by atoms with Gasteiger partial charge in [-0.3, -0.25) is 9.59 Å². The van der Waals surface area contributed by atoms with Crippen molar-refractivity contribution in [2.75, 3.05) is 11.9 Å². The predicted molar refractivity (Wildman–Crippen MR) is 85.1 cm³/mol. The standard InChI is InChI=1S/C14H19IN2O2/c1-3-4-5-8-16-13(18)14(19)17-12-7-6-11(15)9-10(12)2/h6-7,9H,3-5,8H2,1-2H3,(H,16,18)(H,17,19). The molecule has 2 amide bonds. The van der Waals surface area contributed by atoms with Gasteiger partial charge >= 0.3 is 11.8 Å². The summed E-state index contributed by atoms with van der Waals surface area (Å²) in [6, 6.07) is 5.65. The smallest absolute Gasteiger partial charge is 0.313 e. The number of hydrogen-bond acceptors (Lipinski definition) is 2. The molecule has 19 heavy (non-hydrogen) atoms. The maximum absolute atomic E-state index is 11.7. The minimum Gasteiger partial charge on any atom is -0.348 e. The maximum atomic E-state index is 11.7. The van der Waals surface area contributed by atoms with Gasteiger partial charge < -0.3 is 10.6 Å². The molecular formula is C14H19IN2O2. The Morgan fingerprint density at radius 2 is 1.95 bits per heavy atom. The molecule has 0 aliphatic rings. The fraction of sp³-hybridized carbons (Fsp3) is 0.429. The summed E-state index contributed by atoms with van der Waals surface area (Å²) in [5, 5.41) is 5.24. The monoisotopic (exact) mass is 374 g/mol. The van der Waals surface area contributed by atoms with Crippen LogP contribution >= 0.6 is 22.6 Å². The number of nitrogens with one attached hydrogen (secondary N) is 2. The molecule has 0 saturated heterocycles. The molecule has 0 heterocycles. The molecule has 0 bridgehead atoms. The highest BCUT2D eigenvalue weighted by Gasteiger charge is 2.13. The van der Waals surface area contributed by atoms with Gasteiger partial charge in [0.1, 0.15) is 0 Å². The number of hydrogen-bond donors (Lipinski definition) is 2. The lowest BCUT2D eigenvalue weighted by Crippen LogP contribution is -2.36. The zero-order valence-electron chi connectivity index (χ0n) is 11.3. The van der Waals surface area contributed by atoms with Crippen LogP contribution in [0.3, 0.4) is 0 Å². The first-order valence-corrected chi connectivity index (χ1v) is 7.47. The summed E-state index contributed by atoms with van der Waals surface area (Å²) in [7, 11) is 0. The quantitative estimate of drug-likeness (QED) is 0.473. The normalized spacial score (nSPS) is 10.1. The van der Waals surface area contributed by atoms with Gasteiger partial charge in [-0.2, -0.15) is 0 Å². The Balaban J connectivity index is 2.47. The molecule has 0 atom stereocenters. The third-order valence-electron chi connectivity index (χ3n) is 2.71. The summed E-state index contributed by atoms with van der Waals surface area (Å²) < 4.78 is 1.09. The van der Waals surface area contributed by atoms with Crippen molar-refractivity contribution in [2.24, 2.45) is 0 Å². The van der Waals surface area contributed by atoms with Crippen molar-refractivity contribution in [2.45, 2.75) is 33.1 Å². The van der Waals surface area contributed by atoms with E-state index in [4.69, 9.17) is 0 Å². The van der Waals surface area contributed by atoms with E-state index in [2.05, 4.69) is 40.1 Å². The minimum atomic E-state index is -0.610. The Kier molecular flexibility index (Phi) is 6.83. The fourth-order valence-corrected chi connectivity index (χ4v) is 2.25. The number of amides is 2. The van der Waals surface area contributed by atoms with Crippen molar-refractivity contribution < 1.29 is 9.59 Å². The van der Waals surface area contributed by atoms with Gasteiger partial charge in [0.2, 0.25) is 0 Å². The van der Waals surface area contributed by atoms with E-state index < -0.39 is 11.8 Å². The Bertz CT molecular complexity index is 461. The van der Waals surface area contributed by atoms with E-state index >= 15 is 0 Å². The number of aryl methyl sites for hydroxylation is 1. The maximum Gasteiger partial charge on any atom is 0.313 e. The largest absolute Gasteiger partial charge is 0.348 e. The lowest BCUT2D eigenvalue weighted by molar-refractivity contribution is -0.136. The minimum absolute atomic E-state index is 0.547. The molecule has 0 radical (unpaired) electrons. The molecular weight excluding hydrogens is 355 g/mol. The molecule has 1 rings (SSSR count). The van der Waals surface area contributed by atoms with Crippen molar-refractivity contribution >= 4 is 40.1 Å². The van der Waals surface area contributed by atoms with Gasteiger partial charge in [-0.25, -0.2) is 0 Å². The molecule has 4 nitrogen and oxygen atoms in total. The van der Waals surface area contributed by atoms with Crippen LogP contribution < -0.4 is 10.6 Å². The van der Waals surface area contributed by atoms with Crippen LogP contribution in [0.2, 0.25) is 0 Å². The molecule has 0 spiro atoms. The molecule has 0 fully saturated rings. The van der Waals surface area contributed by atoms with Gasteiger partial charge in [-0.15, -0.1) is 0 Å². The van der Waals surface area contributed by atoms with E-state index in [1.165, 1.54) is 0 Å². The summed E-state index contributed by atoms with van der Waals surface area (Å²) >= 11 is 2.20. The Morgan fingerprint density at radius 3 is 2.58 bits per heavy atom. The van der Waals surface area contributed by atoms with Crippen LogP contribution in [0, 0.1) is 10.5 Å². The zero-order chi connectivity index (χ0) is 14.3. The Hall–Kier alpha value is -1.11. The van der Waals surface area contributed by atoms with E-state index in [0.717, 1.165) is 28.4 Å². The van der Waals surface area contributed by atoms with Crippen LogP contribution in [0.1, 0.15) is 31.7 Å². The van der Waals surface area contributed by atoms with Crippen molar-refractivity contribution in [1.29, 1.82) is 0 Å². The van der Waals surface area contributed by atoms with Crippen LogP contribution in [0.5, 0.6) is 0 Å². The number of carbonyl (C=O) groups excluding carboxylic acids is 2. The second-order valence-electron chi connectivity index (χ2n) is 4.38. The molecule has 0 saturated carbocycles. The van der Waals surface area contributed by atoms with Crippen molar-refractivity contribution in [3.8, 4) is 0 Å². The number of carbonyl (C=O) groups is 2. The van der Waals surface area contributed by atoms with Crippen LogP contribution in [-0.4, -0.2) is 18.4 Å². The van der Waals surface area contributed by atoms with Crippen molar-refractivity contribution in [1.82, 2.24) is 5.32 Å². The summed E-state index contributed by atoms with van der Waals surface area (Å²) in [5.41, 5.74) is 1.62. The highest BCUT2D eigenvalue weighted by molar-refractivity contribution is 14.1. The van der Waals surface area contributed by atoms with E-state index in [-0.39, 0.29) is 0 Å². The average molecular weight is 374 g/mol. The number of halogens is 1. The average Bonchev–Trinajstić information content (AvgIpc) is 2.37. The van der Waals surface area contributed by atoms with Gasteiger partial charge in [-0.1, -0.05) is 19.8 Å². The number of benzene rings is 1. The predicted octanol–water partition coefficient (Wildman–Crippen LogP) is 2.84. The van der Waals surface area contributed by atoms with Gasteiger partial charge in [0.15, 0.2) is 0 Å². The second-order valence-corrected chi connectivity index (χ2v) is 5.62. The van der Waals surface area contributed by atoms with Gasteiger partial charge in [0.05, 0.1) is 0 Å². The SMILES string of the molecule is CCCCCNC(=O)C(=O)Nc1ccc(I)cc1C. The van der Waals surface area contributed by atoms with E-state index in [0.29, 0.717) is 12.2 Å². The van der Waals surface area contributed by atoms with Gasteiger partial charge in [0, 0.05) is 15.8 Å². The summed E-state index contributed by atoms with van der Waals surface area (Å²) in [4.78, 5) is 23.3. The fourth-order valence-electron chi connectivity index (χ4n) is 1.60. The lowest BCUT2D eigenvalue weighted by Gasteiger charge is -2.09. The first-order valence-electron chi connectivity index (χ1n) is 6.40. The van der Waals surface area contributed by atoms with Gasteiger partial charge in [-0.05, 0) is 59.7 Å². The van der Waals surface area contributed by atoms with E-state index in [9.17, 15) is 9.59 Å². The van der Waals surface area contributed by atoms with Crippen LogP contribution in [0.15, 0.2) is 18.2 Å².